The number of nitrogens with zero attached hydrogens (tertiary/aromatic N) is 3. The number of nitrogens with two attached hydrogens (primary N) is 1. The lowest BCUT2D eigenvalue weighted by Gasteiger charge is -2.29. The van der Waals surface area contributed by atoms with Gasteiger partial charge in [-0.2, -0.15) is 4.98 Å². The molecule has 1 aliphatic carbocycles. The highest BCUT2D eigenvalue weighted by molar-refractivity contribution is 5.51. The summed E-state index contributed by atoms with van der Waals surface area (Å²) in [5.41, 5.74) is 8.43. The SMILES string of the molecule is Nc1nc2c(c(NC3CC=CC3)n1)CCN(CC1CCNCC1)CC2. The number of hydrogen-bond acceptors (Lipinski definition) is 6. The van der Waals surface area contributed by atoms with Crippen LogP contribution in [0.25, 0.3) is 0 Å². The summed E-state index contributed by atoms with van der Waals surface area (Å²) >= 11 is 0. The molecule has 2 aliphatic heterocycles. The second-order valence-electron chi connectivity index (χ2n) is 7.63. The number of aromatic nitrogens is 2. The lowest BCUT2D eigenvalue weighted by molar-refractivity contribution is 0.213. The van der Waals surface area contributed by atoms with Crippen molar-refractivity contribution >= 4 is 11.8 Å². The number of fused-ring (bicyclic) bond motifs is 1. The Morgan fingerprint density at radius 2 is 1.88 bits per heavy atom. The van der Waals surface area contributed by atoms with E-state index in [0.29, 0.717) is 12.0 Å². The normalized spacial score (nSPS) is 22.7. The summed E-state index contributed by atoms with van der Waals surface area (Å²) in [5.74, 6) is 2.21. The second-order valence-corrected chi connectivity index (χ2v) is 7.63. The maximum Gasteiger partial charge on any atom is 0.222 e. The lowest BCUT2D eigenvalue weighted by atomic mass is 9.97. The molecule has 4 N–H and O–H groups in total. The highest BCUT2D eigenvalue weighted by Gasteiger charge is 2.23. The van der Waals surface area contributed by atoms with E-state index >= 15 is 0 Å². The molecule has 3 heterocycles. The van der Waals surface area contributed by atoms with Gasteiger partial charge in [0.1, 0.15) is 5.82 Å². The standard InChI is InChI=1S/C19H30N6/c20-19-23-17-8-12-25(13-14-5-9-21-10-6-14)11-7-16(17)18(24-19)22-15-3-1-2-4-15/h1-2,14-15,21H,3-13H2,(H3,20,22,23,24). The van der Waals surface area contributed by atoms with Crippen molar-refractivity contribution in [3.05, 3.63) is 23.4 Å². The zero-order valence-electron chi connectivity index (χ0n) is 15.0. The van der Waals surface area contributed by atoms with E-state index in [0.717, 1.165) is 56.2 Å². The van der Waals surface area contributed by atoms with E-state index in [9.17, 15) is 0 Å². The fourth-order valence-corrected chi connectivity index (χ4v) is 4.32. The molecule has 0 atom stereocenters. The van der Waals surface area contributed by atoms with Gasteiger partial charge in [0.2, 0.25) is 5.95 Å². The van der Waals surface area contributed by atoms with Gasteiger partial charge in [0.15, 0.2) is 0 Å². The van der Waals surface area contributed by atoms with Crippen molar-refractivity contribution in [3.63, 3.8) is 0 Å². The Hall–Kier alpha value is -1.66. The zero-order chi connectivity index (χ0) is 17.1. The molecule has 0 unspecified atom stereocenters. The lowest BCUT2D eigenvalue weighted by Crippen LogP contribution is -2.37. The minimum Gasteiger partial charge on any atom is -0.368 e. The summed E-state index contributed by atoms with van der Waals surface area (Å²) in [5, 5.41) is 7.08. The van der Waals surface area contributed by atoms with Crippen LogP contribution in [0.15, 0.2) is 12.2 Å². The van der Waals surface area contributed by atoms with Crippen LogP contribution in [0, 0.1) is 5.92 Å². The molecule has 1 aromatic rings. The summed E-state index contributed by atoms with van der Waals surface area (Å²) in [7, 11) is 0. The number of nitrogen functional groups attached to an aromatic ring is 1. The minimum absolute atomic E-state index is 0.402. The molecule has 1 fully saturated rings. The summed E-state index contributed by atoms with van der Waals surface area (Å²) < 4.78 is 0. The smallest absolute Gasteiger partial charge is 0.222 e. The van der Waals surface area contributed by atoms with E-state index in [-0.39, 0.29) is 0 Å². The Kier molecular flexibility index (Phi) is 5.17. The van der Waals surface area contributed by atoms with Crippen molar-refractivity contribution < 1.29 is 0 Å². The van der Waals surface area contributed by atoms with Gasteiger partial charge in [0, 0.05) is 37.7 Å². The van der Waals surface area contributed by atoms with Gasteiger partial charge in [0.05, 0.1) is 5.69 Å². The third-order valence-corrected chi connectivity index (χ3v) is 5.78. The summed E-state index contributed by atoms with van der Waals surface area (Å²) in [6.45, 7) is 5.74. The van der Waals surface area contributed by atoms with Gasteiger partial charge >= 0.3 is 0 Å². The first-order valence-corrected chi connectivity index (χ1v) is 9.78. The van der Waals surface area contributed by atoms with Crippen LogP contribution in [0.1, 0.15) is 36.9 Å². The van der Waals surface area contributed by atoms with Gasteiger partial charge in [-0.15, -0.1) is 0 Å². The van der Waals surface area contributed by atoms with E-state index in [4.69, 9.17) is 5.73 Å². The van der Waals surface area contributed by atoms with Gasteiger partial charge in [-0.05, 0) is 51.1 Å². The predicted octanol–water partition coefficient (Wildman–Crippen LogP) is 1.59. The third-order valence-electron chi connectivity index (χ3n) is 5.78. The van der Waals surface area contributed by atoms with Crippen LogP contribution >= 0.6 is 0 Å². The highest BCUT2D eigenvalue weighted by atomic mass is 15.1. The average molecular weight is 342 g/mol. The van der Waals surface area contributed by atoms with E-state index < -0.39 is 0 Å². The van der Waals surface area contributed by atoms with Gasteiger partial charge in [-0.1, -0.05) is 12.2 Å². The fraction of sp³-hybridized carbons (Fsp3) is 0.684. The number of anilines is 2. The topological polar surface area (TPSA) is 79.1 Å². The van der Waals surface area contributed by atoms with Gasteiger partial charge in [-0.25, -0.2) is 4.98 Å². The number of hydrogen-bond donors (Lipinski definition) is 3. The van der Waals surface area contributed by atoms with Crippen LogP contribution in [0.4, 0.5) is 11.8 Å². The van der Waals surface area contributed by atoms with E-state index in [2.05, 4.69) is 37.7 Å². The zero-order valence-corrected chi connectivity index (χ0v) is 15.0. The summed E-state index contributed by atoms with van der Waals surface area (Å²) in [6.07, 6.45) is 11.2. The Balaban J connectivity index is 1.44. The largest absolute Gasteiger partial charge is 0.368 e. The van der Waals surface area contributed by atoms with Crippen LogP contribution in [0.2, 0.25) is 0 Å². The van der Waals surface area contributed by atoms with Crippen molar-refractivity contribution in [2.75, 3.05) is 43.8 Å². The van der Waals surface area contributed by atoms with Crippen LogP contribution in [0.3, 0.4) is 0 Å². The first-order chi connectivity index (χ1) is 12.3. The first kappa shape index (κ1) is 16.8. The molecule has 25 heavy (non-hydrogen) atoms. The Morgan fingerprint density at radius 1 is 1.12 bits per heavy atom. The minimum atomic E-state index is 0.402. The average Bonchev–Trinajstić information content (AvgIpc) is 3.04. The van der Waals surface area contributed by atoms with Crippen LogP contribution in [0.5, 0.6) is 0 Å². The van der Waals surface area contributed by atoms with Crippen LogP contribution in [-0.4, -0.2) is 53.6 Å². The number of nitrogens with one attached hydrogen (secondary N) is 2. The molecule has 0 saturated carbocycles. The molecule has 136 valence electrons. The maximum atomic E-state index is 5.99. The molecule has 6 heteroatoms. The fourth-order valence-electron chi connectivity index (χ4n) is 4.32. The summed E-state index contributed by atoms with van der Waals surface area (Å²) in [6, 6.07) is 0.451. The molecule has 0 aromatic carbocycles. The number of rotatable bonds is 4. The molecule has 3 aliphatic rings. The molecule has 0 amide bonds. The van der Waals surface area contributed by atoms with Crippen LogP contribution in [-0.2, 0) is 12.8 Å². The molecule has 6 nitrogen and oxygen atoms in total. The number of piperidine rings is 1. The van der Waals surface area contributed by atoms with Crippen LogP contribution < -0.4 is 16.4 Å². The highest BCUT2D eigenvalue weighted by Crippen LogP contribution is 2.26. The predicted molar refractivity (Wildman–Crippen MR) is 102 cm³/mol. The molecular formula is C19H30N6. The van der Waals surface area contributed by atoms with Crippen molar-refractivity contribution in [2.24, 2.45) is 5.92 Å². The van der Waals surface area contributed by atoms with E-state index in [1.807, 2.05) is 0 Å². The Labute approximate surface area is 150 Å². The Bertz CT molecular complexity index is 615. The molecule has 0 bridgehead atoms. The van der Waals surface area contributed by atoms with Crippen molar-refractivity contribution in [1.29, 1.82) is 0 Å². The molecule has 0 spiro atoms. The maximum absolute atomic E-state index is 5.99. The van der Waals surface area contributed by atoms with Crippen molar-refractivity contribution in [1.82, 2.24) is 20.2 Å². The van der Waals surface area contributed by atoms with E-state index in [1.54, 1.807) is 0 Å². The van der Waals surface area contributed by atoms with Gasteiger partial charge < -0.3 is 21.3 Å². The van der Waals surface area contributed by atoms with E-state index in [1.165, 1.54) is 38.0 Å². The summed E-state index contributed by atoms with van der Waals surface area (Å²) in [4.78, 5) is 11.7. The van der Waals surface area contributed by atoms with Crippen molar-refractivity contribution in [2.45, 2.75) is 44.6 Å². The van der Waals surface area contributed by atoms with Gasteiger partial charge in [0.25, 0.3) is 0 Å². The molecular weight excluding hydrogens is 312 g/mol. The molecule has 1 aromatic heterocycles. The molecule has 0 radical (unpaired) electrons. The first-order valence-electron chi connectivity index (χ1n) is 9.78. The van der Waals surface area contributed by atoms with Crippen molar-refractivity contribution in [3.8, 4) is 0 Å². The third kappa shape index (κ3) is 4.12. The Morgan fingerprint density at radius 3 is 2.68 bits per heavy atom. The second kappa shape index (κ2) is 7.70. The quantitative estimate of drug-likeness (QED) is 0.721. The monoisotopic (exact) mass is 342 g/mol. The van der Waals surface area contributed by atoms with Gasteiger partial charge in [-0.3, -0.25) is 0 Å². The molecule has 1 saturated heterocycles. The molecule has 4 rings (SSSR count).